The van der Waals surface area contributed by atoms with Crippen LogP contribution in [0, 0.1) is 0 Å². The summed E-state index contributed by atoms with van der Waals surface area (Å²) in [6.07, 6.45) is 40.1. The van der Waals surface area contributed by atoms with E-state index < -0.39 is 45.1 Å². The van der Waals surface area contributed by atoms with Crippen molar-refractivity contribution in [1.29, 1.82) is 0 Å². The van der Waals surface area contributed by atoms with Gasteiger partial charge in [0.2, 0.25) is 0 Å². The predicted octanol–water partition coefficient (Wildman–Crippen LogP) is 12.4. The lowest BCUT2D eigenvalue weighted by Gasteiger charge is -2.20. The number of hydrogen-bond donors (Lipinski definition) is 3. The third kappa shape index (κ3) is 39.2. The van der Waals surface area contributed by atoms with Crippen LogP contribution in [0.2, 0.25) is 0 Å². The minimum atomic E-state index is -4.61. The van der Waals surface area contributed by atoms with Crippen molar-refractivity contribution in [2.24, 2.45) is 5.73 Å². The van der Waals surface area contributed by atoms with Crippen molar-refractivity contribution in [2.45, 2.75) is 238 Å². The molecule has 0 bridgehead atoms. The lowest BCUT2D eigenvalue weighted by Crippen LogP contribution is -2.34. The molecule has 0 aliphatic rings. The maximum absolute atomic E-state index is 12.6. The Balaban J connectivity index is 4.12. The number of esters is 1. The van der Waals surface area contributed by atoms with Crippen LogP contribution in [0.15, 0.2) is 0 Å². The second-order valence-corrected chi connectivity index (χ2v) is 17.0. The SMILES string of the molecule is CCCCCCCCCCCCCCCCCCCCCCC(=O)OC(COCCCCCCCCCCCCCC)COP(=O)(O)OCC(N)C(=O)O. The van der Waals surface area contributed by atoms with E-state index in [1.54, 1.807) is 0 Å². The first kappa shape index (κ1) is 53.0. The Morgan fingerprint density at radius 2 is 0.852 bits per heavy atom. The van der Waals surface area contributed by atoms with Gasteiger partial charge < -0.3 is 25.2 Å². The van der Waals surface area contributed by atoms with E-state index in [0.29, 0.717) is 6.61 Å². The number of carbonyl (C=O) groups is 2. The zero-order chi connectivity index (χ0) is 39.8. The number of carboxylic acid groups (broad SMARTS) is 1. The molecule has 0 rings (SSSR count). The summed E-state index contributed by atoms with van der Waals surface area (Å²) >= 11 is 0. The van der Waals surface area contributed by atoms with E-state index in [-0.39, 0.29) is 13.0 Å². The number of hydrogen-bond acceptors (Lipinski definition) is 8. The van der Waals surface area contributed by atoms with Gasteiger partial charge >= 0.3 is 19.8 Å². The topological polar surface area (TPSA) is 155 Å². The molecule has 54 heavy (non-hydrogen) atoms. The molecule has 3 unspecified atom stereocenters. The molecule has 0 spiro atoms. The first-order valence-corrected chi connectivity index (χ1v) is 24.1. The Morgan fingerprint density at radius 3 is 1.22 bits per heavy atom. The van der Waals surface area contributed by atoms with Gasteiger partial charge in [-0.2, -0.15) is 0 Å². The van der Waals surface area contributed by atoms with E-state index >= 15 is 0 Å². The molecule has 322 valence electrons. The fraction of sp³-hybridized carbons (Fsp3) is 0.953. The van der Waals surface area contributed by atoms with Crippen LogP contribution in [0.5, 0.6) is 0 Å². The fourth-order valence-electron chi connectivity index (χ4n) is 6.61. The molecular formula is C43H86NO9P. The van der Waals surface area contributed by atoms with Gasteiger partial charge in [-0.25, -0.2) is 4.57 Å². The first-order chi connectivity index (χ1) is 26.2. The van der Waals surface area contributed by atoms with Gasteiger partial charge in [-0.05, 0) is 12.8 Å². The van der Waals surface area contributed by atoms with E-state index in [1.807, 2.05) is 0 Å². The largest absolute Gasteiger partial charge is 0.480 e. The van der Waals surface area contributed by atoms with Crippen molar-refractivity contribution in [3.05, 3.63) is 0 Å². The maximum Gasteiger partial charge on any atom is 0.472 e. The van der Waals surface area contributed by atoms with Gasteiger partial charge in [0.1, 0.15) is 12.1 Å². The Hall–Kier alpha value is -1.03. The van der Waals surface area contributed by atoms with Crippen LogP contribution < -0.4 is 5.73 Å². The molecule has 0 aliphatic carbocycles. The molecular weight excluding hydrogens is 705 g/mol. The van der Waals surface area contributed by atoms with E-state index in [0.717, 1.165) is 38.5 Å². The molecule has 0 aromatic rings. The standard InChI is InChI=1S/C43H86NO9P/c1-3-5-7-9-11-13-15-17-18-19-20-21-22-23-24-25-27-29-31-33-35-42(45)53-40(38-51-54(48,49)52-39-41(44)43(46)47)37-50-36-34-32-30-28-26-16-14-12-10-8-6-4-2/h40-41H,3-39,44H2,1-2H3,(H,46,47)(H,48,49). The lowest BCUT2D eigenvalue weighted by molar-refractivity contribution is -0.154. The lowest BCUT2D eigenvalue weighted by atomic mass is 10.0. The molecule has 0 amide bonds. The highest BCUT2D eigenvalue weighted by atomic mass is 31.2. The number of ether oxygens (including phenoxy) is 2. The Bertz CT molecular complexity index is 878. The smallest absolute Gasteiger partial charge is 0.472 e. The third-order valence-electron chi connectivity index (χ3n) is 10.1. The Labute approximate surface area is 331 Å². The average Bonchev–Trinajstić information content (AvgIpc) is 3.15. The van der Waals surface area contributed by atoms with Crippen LogP contribution in [0.1, 0.15) is 226 Å². The number of carboxylic acids is 1. The first-order valence-electron chi connectivity index (χ1n) is 22.6. The molecule has 0 heterocycles. The Kier molecular flexibility index (Phi) is 39.4. The van der Waals surface area contributed by atoms with Crippen molar-refractivity contribution in [3.63, 3.8) is 0 Å². The predicted molar refractivity (Wildman–Crippen MR) is 222 cm³/mol. The summed E-state index contributed by atoms with van der Waals surface area (Å²) in [5, 5.41) is 8.89. The van der Waals surface area contributed by atoms with Gasteiger partial charge in [-0.1, -0.05) is 206 Å². The highest BCUT2D eigenvalue weighted by molar-refractivity contribution is 7.47. The number of nitrogens with two attached hydrogens (primary N) is 1. The summed E-state index contributed by atoms with van der Waals surface area (Å²) in [4.78, 5) is 33.5. The van der Waals surface area contributed by atoms with Crippen LogP contribution in [0.25, 0.3) is 0 Å². The summed E-state index contributed by atoms with van der Waals surface area (Å²) in [6.45, 7) is 3.93. The van der Waals surface area contributed by atoms with Gasteiger partial charge in [0, 0.05) is 13.0 Å². The number of carbonyl (C=O) groups excluding carboxylic acids is 1. The number of rotatable bonds is 44. The van der Waals surface area contributed by atoms with E-state index in [2.05, 4.69) is 13.8 Å². The van der Waals surface area contributed by atoms with Crippen LogP contribution >= 0.6 is 7.82 Å². The van der Waals surface area contributed by atoms with Crippen molar-refractivity contribution in [1.82, 2.24) is 0 Å². The zero-order valence-corrected chi connectivity index (χ0v) is 36.0. The molecule has 11 heteroatoms. The van der Waals surface area contributed by atoms with Crippen LogP contribution in [-0.4, -0.2) is 60.5 Å². The molecule has 0 aromatic carbocycles. The van der Waals surface area contributed by atoms with Gasteiger partial charge in [0.05, 0.1) is 19.8 Å². The van der Waals surface area contributed by atoms with Gasteiger partial charge in [-0.3, -0.25) is 18.6 Å². The highest BCUT2D eigenvalue weighted by Gasteiger charge is 2.27. The van der Waals surface area contributed by atoms with E-state index in [1.165, 1.54) is 167 Å². The van der Waals surface area contributed by atoms with Crippen molar-refractivity contribution >= 4 is 19.8 Å². The summed E-state index contributed by atoms with van der Waals surface area (Å²) in [7, 11) is -4.61. The molecule has 0 saturated heterocycles. The average molecular weight is 792 g/mol. The van der Waals surface area contributed by atoms with Gasteiger partial charge in [-0.15, -0.1) is 0 Å². The van der Waals surface area contributed by atoms with Crippen molar-refractivity contribution in [3.8, 4) is 0 Å². The van der Waals surface area contributed by atoms with Crippen LogP contribution in [-0.2, 0) is 32.7 Å². The molecule has 4 N–H and O–H groups in total. The van der Waals surface area contributed by atoms with Crippen molar-refractivity contribution < 1.29 is 42.7 Å². The quantitative estimate of drug-likeness (QED) is 0.0308. The molecule has 3 atom stereocenters. The minimum Gasteiger partial charge on any atom is -0.480 e. The number of unbranched alkanes of at least 4 members (excludes halogenated alkanes) is 30. The monoisotopic (exact) mass is 792 g/mol. The summed E-state index contributed by atoms with van der Waals surface area (Å²) < 4.78 is 33.3. The molecule has 0 fully saturated rings. The highest BCUT2D eigenvalue weighted by Crippen LogP contribution is 2.43. The third-order valence-corrected chi connectivity index (χ3v) is 11.1. The minimum absolute atomic E-state index is 0.0255. The fourth-order valence-corrected chi connectivity index (χ4v) is 7.38. The number of phosphoric acid groups is 1. The second-order valence-electron chi connectivity index (χ2n) is 15.5. The Morgan fingerprint density at radius 1 is 0.519 bits per heavy atom. The number of aliphatic carboxylic acids is 1. The number of phosphoric ester groups is 1. The van der Waals surface area contributed by atoms with Crippen LogP contribution in [0.3, 0.4) is 0 Å². The van der Waals surface area contributed by atoms with Crippen LogP contribution in [0.4, 0.5) is 0 Å². The molecule has 0 aliphatic heterocycles. The normalized spacial score (nSPS) is 13.9. The summed E-state index contributed by atoms with van der Waals surface area (Å²) in [5.74, 6) is -1.76. The molecule has 10 nitrogen and oxygen atoms in total. The van der Waals surface area contributed by atoms with E-state index in [9.17, 15) is 19.0 Å². The maximum atomic E-state index is 12.6. The van der Waals surface area contributed by atoms with Crippen molar-refractivity contribution in [2.75, 3.05) is 26.4 Å². The summed E-state index contributed by atoms with van der Waals surface area (Å²) in [6, 6.07) is -1.47. The molecule has 0 radical (unpaired) electrons. The zero-order valence-electron chi connectivity index (χ0n) is 35.1. The summed E-state index contributed by atoms with van der Waals surface area (Å²) in [5.41, 5.74) is 5.35. The van der Waals surface area contributed by atoms with Gasteiger partial charge in [0.15, 0.2) is 0 Å². The molecule has 0 aromatic heterocycles. The molecule has 0 saturated carbocycles. The second kappa shape index (κ2) is 40.2. The van der Waals surface area contributed by atoms with E-state index in [4.69, 9.17) is 29.4 Å². The van der Waals surface area contributed by atoms with Gasteiger partial charge in [0.25, 0.3) is 0 Å².